The number of anilines is 1. The van der Waals surface area contributed by atoms with E-state index >= 15 is 0 Å². The molecule has 0 bridgehead atoms. The van der Waals surface area contributed by atoms with E-state index in [2.05, 4.69) is 5.32 Å². The molecule has 0 radical (unpaired) electrons. The summed E-state index contributed by atoms with van der Waals surface area (Å²) in [4.78, 5) is 11.9. The van der Waals surface area contributed by atoms with Crippen molar-refractivity contribution in [3.8, 4) is 5.75 Å². The lowest BCUT2D eigenvalue weighted by Gasteiger charge is -2.13. The first-order valence-corrected chi connectivity index (χ1v) is 5.91. The van der Waals surface area contributed by atoms with Crippen LogP contribution in [0.4, 0.5) is 5.69 Å². The minimum atomic E-state index is -0.0969. The molecule has 1 aromatic carbocycles. The van der Waals surface area contributed by atoms with E-state index in [1.54, 1.807) is 18.2 Å². The number of nitrogens with two attached hydrogens (primary N) is 1. The molecule has 0 aliphatic carbocycles. The van der Waals surface area contributed by atoms with Crippen LogP contribution in [0.1, 0.15) is 37.6 Å². The van der Waals surface area contributed by atoms with Crippen molar-refractivity contribution in [2.75, 3.05) is 12.3 Å². The molecular formula is C13H20N2O2. The van der Waals surface area contributed by atoms with E-state index in [1.165, 1.54) is 0 Å². The maximum absolute atomic E-state index is 11.9. The Bertz CT molecular complexity index is 391. The molecule has 1 aromatic rings. The summed E-state index contributed by atoms with van der Waals surface area (Å²) in [5.41, 5.74) is 6.87. The molecule has 0 aliphatic heterocycles. The van der Waals surface area contributed by atoms with E-state index in [1.807, 2.05) is 20.8 Å². The second kappa shape index (κ2) is 6.13. The molecule has 0 saturated carbocycles. The van der Waals surface area contributed by atoms with Crippen molar-refractivity contribution in [3.05, 3.63) is 23.8 Å². The third-order valence-corrected chi connectivity index (χ3v) is 2.57. The van der Waals surface area contributed by atoms with Crippen LogP contribution in [-0.2, 0) is 0 Å². The molecule has 0 heterocycles. The zero-order valence-electron chi connectivity index (χ0n) is 10.6. The number of hydrogen-bond acceptors (Lipinski definition) is 3. The summed E-state index contributed by atoms with van der Waals surface area (Å²) in [6.45, 7) is 6.41. The van der Waals surface area contributed by atoms with Crippen molar-refractivity contribution in [2.24, 2.45) is 0 Å². The van der Waals surface area contributed by atoms with Gasteiger partial charge in [0.1, 0.15) is 5.75 Å². The number of carbonyl (C=O) groups is 1. The maximum atomic E-state index is 11.9. The minimum absolute atomic E-state index is 0.0969. The number of hydrogen-bond donors (Lipinski definition) is 2. The third kappa shape index (κ3) is 3.66. The molecule has 0 saturated heterocycles. The van der Waals surface area contributed by atoms with E-state index in [0.29, 0.717) is 23.6 Å². The van der Waals surface area contributed by atoms with E-state index in [-0.39, 0.29) is 11.9 Å². The Kier molecular flexibility index (Phi) is 4.82. The Morgan fingerprint density at radius 2 is 2.18 bits per heavy atom. The Morgan fingerprint density at radius 3 is 2.76 bits per heavy atom. The number of nitrogens with one attached hydrogen (secondary N) is 1. The zero-order valence-corrected chi connectivity index (χ0v) is 10.6. The lowest BCUT2D eigenvalue weighted by atomic mass is 10.1. The van der Waals surface area contributed by atoms with Gasteiger partial charge in [-0.15, -0.1) is 0 Å². The smallest absolute Gasteiger partial charge is 0.251 e. The standard InChI is InChI=1S/C13H20N2O2/c1-4-9(3)15-13(16)10-6-7-11(14)12(8-10)17-5-2/h6-9H,4-5,14H2,1-3H3,(H,15,16). The third-order valence-electron chi connectivity index (χ3n) is 2.57. The van der Waals surface area contributed by atoms with Crippen LogP contribution in [0, 0.1) is 0 Å². The van der Waals surface area contributed by atoms with Gasteiger partial charge in [-0.1, -0.05) is 6.92 Å². The highest BCUT2D eigenvalue weighted by molar-refractivity contribution is 5.95. The molecule has 1 atom stereocenters. The van der Waals surface area contributed by atoms with E-state index in [9.17, 15) is 4.79 Å². The fourth-order valence-electron chi connectivity index (χ4n) is 1.37. The Hall–Kier alpha value is -1.71. The van der Waals surface area contributed by atoms with Crippen LogP contribution in [0.5, 0.6) is 5.75 Å². The fourth-order valence-corrected chi connectivity index (χ4v) is 1.37. The van der Waals surface area contributed by atoms with Gasteiger partial charge in [0.15, 0.2) is 0 Å². The number of carbonyl (C=O) groups excluding carboxylic acids is 1. The van der Waals surface area contributed by atoms with Crippen LogP contribution in [-0.4, -0.2) is 18.6 Å². The van der Waals surface area contributed by atoms with Crippen LogP contribution in [0.15, 0.2) is 18.2 Å². The highest BCUT2D eigenvalue weighted by Crippen LogP contribution is 2.22. The predicted octanol–water partition coefficient (Wildman–Crippen LogP) is 2.20. The molecular weight excluding hydrogens is 216 g/mol. The van der Waals surface area contributed by atoms with Gasteiger partial charge in [0.25, 0.3) is 5.91 Å². The summed E-state index contributed by atoms with van der Waals surface area (Å²) in [7, 11) is 0. The second-order valence-corrected chi connectivity index (χ2v) is 3.97. The monoisotopic (exact) mass is 236 g/mol. The van der Waals surface area contributed by atoms with Gasteiger partial charge in [0.05, 0.1) is 12.3 Å². The summed E-state index contributed by atoms with van der Waals surface area (Å²) < 4.78 is 5.35. The van der Waals surface area contributed by atoms with Crippen LogP contribution in [0.2, 0.25) is 0 Å². The second-order valence-electron chi connectivity index (χ2n) is 3.97. The quantitative estimate of drug-likeness (QED) is 0.770. The highest BCUT2D eigenvalue weighted by atomic mass is 16.5. The van der Waals surface area contributed by atoms with Crippen molar-refractivity contribution in [1.82, 2.24) is 5.32 Å². The summed E-state index contributed by atoms with van der Waals surface area (Å²) >= 11 is 0. The molecule has 94 valence electrons. The summed E-state index contributed by atoms with van der Waals surface area (Å²) in [5, 5.41) is 2.90. The molecule has 4 nitrogen and oxygen atoms in total. The first-order chi connectivity index (χ1) is 8.08. The van der Waals surface area contributed by atoms with Crippen LogP contribution in [0.25, 0.3) is 0 Å². The van der Waals surface area contributed by atoms with E-state index in [4.69, 9.17) is 10.5 Å². The Labute approximate surface area is 102 Å². The topological polar surface area (TPSA) is 64.3 Å². The molecule has 1 rings (SSSR count). The SMILES string of the molecule is CCOc1cc(C(=O)NC(C)CC)ccc1N. The molecule has 0 aliphatic rings. The Balaban J connectivity index is 2.84. The van der Waals surface area contributed by atoms with Crippen molar-refractivity contribution < 1.29 is 9.53 Å². The maximum Gasteiger partial charge on any atom is 0.251 e. The van der Waals surface area contributed by atoms with Crippen molar-refractivity contribution >= 4 is 11.6 Å². The summed E-state index contributed by atoms with van der Waals surface area (Å²) in [6, 6.07) is 5.23. The summed E-state index contributed by atoms with van der Waals surface area (Å²) in [5.74, 6) is 0.463. The zero-order chi connectivity index (χ0) is 12.8. The van der Waals surface area contributed by atoms with Crippen LogP contribution >= 0.6 is 0 Å². The first-order valence-electron chi connectivity index (χ1n) is 5.91. The van der Waals surface area contributed by atoms with Crippen LogP contribution in [0.3, 0.4) is 0 Å². The molecule has 0 aromatic heterocycles. The minimum Gasteiger partial charge on any atom is -0.492 e. The van der Waals surface area contributed by atoms with Gasteiger partial charge in [-0.2, -0.15) is 0 Å². The van der Waals surface area contributed by atoms with Crippen molar-refractivity contribution in [1.29, 1.82) is 0 Å². The molecule has 17 heavy (non-hydrogen) atoms. The number of benzene rings is 1. The molecule has 0 spiro atoms. The molecule has 1 amide bonds. The van der Waals surface area contributed by atoms with E-state index in [0.717, 1.165) is 6.42 Å². The van der Waals surface area contributed by atoms with Gasteiger partial charge in [0.2, 0.25) is 0 Å². The first kappa shape index (κ1) is 13.4. The van der Waals surface area contributed by atoms with Gasteiger partial charge < -0.3 is 15.8 Å². The van der Waals surface area contributed by atoms with Crippen molar-refractivity contribution in [2.45, 2.75) is 33.2 Å². The fraction of sp³-hybridized carbons (Fsp3) is 0.462. The van der Waals surface area contributed by atoms with Gasteiger partial charge in [-0.3, -0.25) is 4.79 Å². The number of rotatable bonds is 5. The van der Waals surface area contributed by atoms with Crippen molar-refractivity contribution in [3.63, 3.8) is 0 Å². The lowest BCUT2D eigenvalue weighted by Crippen LogP contribution is -2.31. The number of ether oxygens (including phenoxy) is 1. The largest absolute Gasteiger partial charge is 0.492 e. The average molecular weight is 236 g/mol. The molecule has 0 fully saturated rings. The van der Waals surface area contributed by atoms with E-state index < -0.39 is 0 Å². The predicted molar refractivity (Wildman–Crippen MR) is 69.2 cm³/mol. The molecule has 1 unspecified atom stereocenters. The van der Waals surface area contributed by atoms with Gasteiger partial charge >= 0.3 is 0 Å². The number of nitrogen functional groups attached to an aromatic ring is 1. The average Bonchev–Trinajstić information content (AvgIpc) is 2.32. The van der Waals surface area contributed by atoms with Crippen LogP contribution < -0.4 is 15.8 Å². The van der Waals surface area contributed by atoms with Gasteiger partial charge in [-0.05, 0) is 38.5 Å². The van der Waals surface area contributed by atoms with Gasteiger partial charge in [0, 0.05) is 11.6 Å². The number of amides is 1. The normalized spacial score (nSPS) is 11.9. The van der Waals surface area contributed by atoms with Gasteiger partial charge in [-0.25, -0.2) is 0 Å². The summed E-state index contributed by atoms with van der Waals surface area (Å²) in [6.07, 6.45) is 0.902. The molecule has 3 N–H and O–H groups in total. The molecule has 4 heteroatoms. The lowest BCUT2D eigenvalue weighted by molar-refractivity contribution is 0.0939. The highest BCUT2D eigenvalue weighted by Gasteiger charge is 2.10. The Morgan fingerprint density at radius 1 is 1.47 bits per heavy atom.